The Kier molecular flexibility index (Phi) is 5.76. The lowest BCUT2D eigenvalue weighted by Crippen LogP contribution is -2.35. The van der Waals surface area contributed by atoms with Gasteiger partial charge < -0.3 is 5.11 Å². The van der Waals surface area contributed by atoms with E-state index in [-0.39, 0.29) is 18.5 Å². The van der Waals surface area contributed by atoms with E-state index in [0.29, 0.717) is 12.1 Å². The molecule has 0 unspecified atom stereocenters. The van der Waals surface area contributed by atoms with Crippen LogP contribution in [0.15, 0.2) is 18.2 Å². The Morgan fingerprint density at radius 1 is 1.42 bits per heavy atom. The van der Waals surface area contributed by atoms with Gasteiger partial charge in [-0.2, -0.15) is 13.1 Å². The monoisotopic (exact) mass is 283 g/mol. The molecule has 1 rings (SSSR count). The molecule has 19 heavy (non-hydrogen) atoms. The van der Waals surface area contributed by atoms with Crippen LogP contribution in [0.2, 0.25) is 0 Å². The molecule has 7 heteroatoms. The van der Waals surface area contributed by atoms with E-state index in [0.717, 1.165) is 0 Å². The molecule has 0 radical (unpaired) electrons. The maximum atomic E-state index is 11.7. The lowest BCUT2D eigenvalue weighted by Gasteiger charge is -2.10. The molecule has 0 aliphatic carbocycles. The number of hydrogen-bond acceptors (Lipinski definition) is 4. The molecule has 0 saturated carbocycles. The van der Waals surface area contributed by atoms with Crippen LogP contribution < -0.4 is 9.44 Å². The highest BCUT2D eigenvalue weighted by Crippen LogP contribution is 2.06. The summed E-state index contributed by atoms with van der Waals surface area (Å²) in [5.41, 5.74) is 0.443. The molecule has 104 valence electrons. The Labute approximate surface area is 113 Å². The van der Waals surface area contributed by atoms with Gasteiger partial charge in [0, 0.05) is 12.5 Å². The highest BCUT2D eigenvalue weighted by atomic mass is 32.2. The summed E-state index contributed by atoms with van der Waals surface area (Å²) in [5.74, 6) is 5.65. The Morgan fingerprint density at radius 2 is 2.16 bits per heavy atom. The maximum absolute atomic E-state index is 11.7. The number of hydrogen-bond donors (Lipinski definition) is 3. The quantitative estimate of drug-likeness (QED) is 0.685. The third-order valence-electron chi connectivity index (χ3n) is 1.83. The topological polar surface area (TPSA) is 91.3 Å². The van der Waals surface area contributed by atoms with Crippen molar-refractivity contribution in [1.82, 2.24) is 9.71 Å². The smallest absolute Gasteiger partial charge is 0.300 e. The third-order valence-corrected chi connectivity index (χ3v) is 3.09. The standard InChI is InChI=1S/C12H17N3O3S/c1-10(2)14-19(17,18)15-12-8-5-7-11(13-12)6-3-4-9-16/h5,7-8,10,14,16H,4,9H2,1-2H3,(H,13,15). The Morgan fingerprint density at radius 3 is 2.79 bits per heavy atom. The molecule has 0 aliphatic heterocycles. The number of rotatable bonds is 5. The van der Waals surface area contributed by atoms with Gasteiger partial charge in [-0.1, -0.05) is 12.0 Å². The van der Waals surface area contributed by atoms with Crippen molar-refractivity contribution < 1.29 is 13.5 Å². The fraction of sp³-hybridized carbons (Fsp3) is 0.417. The van der Waals surface area contributed by atoms with E-state index in [9.17, 15) is 8.42 Å². The zero-order valence-corrected chi connectivity index (χ0v) is 11.7. The molecular formula is C12H17N3O3S. The SMILES string of the molecule is CC(C)NS(=O)(=O)Nc1cccc(C#CCCO)n1. The zero-order valence-electron chi connectivity index (χ0n) is 10.8. The summed E-state index contributed by atoms with van der Waals surface area (Å²) in [6, 6.07) is 4.66. The maximum Gasteiger partial charge on any atom is 0.300 e. The van der Waals surface area contributed by atoms with Crippen LogP contribution in [0.25, 0.3) is 0 Å². The van der Waals surface area contributed by atoms with Crippen LogP contribution in [0.1, 0.15) is 26.0 Å². The normalized spacial score (nSPS) is 10.9. The average molecular weight is 283 g/mol. The molecular weight excluding hydrogens is 266 g/mol. The molecule has 3 N–H and O–H groups in total. The zero-order chi connectivity index (χ0) is 14.3. The Balaban J connectivity index is 2.81. The molecule has 0 aliphatic rings. The van der Waals surface area contributed by atoms with Crippen molar-refractivity contribution in [2.24, 2.45) is 0 Å². The fourth-order valence-electron chi connectivity index (χ4n) is 1.25. The molecule has 0 spiro atoms. The van der Waals surface area contributed by atoms with Gasteiger partial charge in [-0.05, 0) is 31.9 Å². The van der Waals surface area contributed by atoms with E-state index in [1.54, 1.807) is 26.0 Å². The molecule has 0 amide bonds. The number of anilines is 1. The van der Waals surface area contributed by atoms with Crippen molar-refractivity contribution in [3.05, 3.63) is 23.9 Å². The summed E-state index contributed by atoms with van der Waals surface area (Å²) in [7, 11) is -3.63. The highest BCUT2D eigenvalue weighted by Gasteiger charge is 2.11. The number of aromatic nitrogens is 1. The van der Waals surface area contributed by atoms with Crippen molar-refractivity contribution in [1.29, 1.82) is 0 Å². The van der Waals surface area contributed by atoms with E-state index >= 15 is 0 Å². The van der Waals surface area contributed by atoms with Gasteiger partial charge in [-0.25, -0.2) is 4.98 Å². The molecule has 6 nitrogen and oxygen atoms in total. The van der Waals surface area contributed by atoms with Gasteiger partial charge in [0.2, 0.25) is 0 Å². The first-order chi connectivity index (χ1) is 8.93. The lowest BCUT2D eigenvalue weighted by molar-refractivity contribution is 0.305. The predicted molar refractivity (Wildman–Crippen MR) is 73.6 cm³/mol. The second-order valence-corrected chi connectivity index (χ2v) is 5.51. The number of nitrogens with zero attached hydrogens (tertiary/aromatic N) is 1. The van der Waals surface area contributed by atoms with E-state index in [4.69, 9.17) is 5.11 Å². The van der Waals surface area contributed by atoms with Gasteiger partial charge in [0.1, 0.15) is 11.5 Å². The third kappa shape index (κ3) is 6.20. The first kappa shape index (κ1) is 15.4. The first-order valence-corrected chi connectivity index (χ1v) is 7.28. The Hall–Kier alpha value is -1.62. The van der Waals surface area contributed by atoms with Gasteiger partial charge in [-0.15, -0.1) is 0 Å². The molecule has 1 aromatic heterocycles. The van der Waals surface area contributed by atoms with Gasteiger partial charge >= 0.3 is 0 Å². The number of nitrogens with one attached hydrogen (secondary N) is 2. The number of pyridine rings is 1. The largest absolute Gasteiger partial charge is 0.395 e. The van der Waals surface area contributed by atoms with E-state index in [2.05, 4.69) is 26.3 Å². The highest BCUT2D eigenvalue weighted by molar-refractivity contribution is 7.90. The molecule has 0 aromatic carbocycles. The number of aliphatic hydroxyl groups excluding tert-OH is 1. The minimum absolute atomic E-state index is 0.0162. The lowest BCUT2D eigenvalue weighted by atomic mass is 10.3. The van der Waals surface area contributed by atoms with Crippen LogP contribution in [-0.2, 0) is 10.2 Å². The molecule has 0 saturated heterocycles. The van der Waals surface area contributed by atoms with Gasteiger partial charge in [-0.3, -0.25) is 4.72 Å². The van der Waals surface area contributed by atoms with Crippen molar-refractivity contribution in [2.45, 2.75) is 26.3 Å². The van der Waals surface area contributed by atoms with E-state index in [1.807, 2.05) is 0 Å². The van der Waals surface area contributed by atoms with Crippen molar-refractivity contribution in [2.75, 3.05) is 11.3 Å². The van der Waals surface area contributed by atoms with Crippen LogP contribution in [0.4, 0.5) is 5.82 Å². The van der Waals surface area contributed by atoms with Crippen LogP contribution >= 0.6 is 0 Å². The summed E-state index contributed by atoms with van der Waals surface area (Å²) >= 11 is 0. The van der Waals surface area contributed by atoms with Gasteiger partial charge in [0.05, 0.1) is 6.61 Å². The van der Waals surface area contributed by atoms with Crippen LogP contribution in [0.5, 0.6) is 0 Å². The number of aliphatic hydroxyl groups is 1. The molecule has 1 heterocycles. The summed E-state index contributed by atoms with van der Waals surface area (Å²) in [6.45, 7) is 3.44. The molecule has 0 atom stereocenters. The minimum atomic E-state index is -3.63. The Bertz CT molecular complexity index is 573. The van der Waals surface area contributed by atoms with Crippen molar-refractivity contribution >= 4 is 16.0 Å². The average Bonchev–Trinajstić information content (AvgIpc) is 2.27. The van der Waals surface area contributed by atoms with Gasteiger partial charge in [0.25, 0.3) is 10.2 Å². The van der Waals surface area contributed by atoms with E-state index < -0.39 is 10.2 Å². The second-order valence-electron chi connectivity index (χ2n) is 4.06. The van der Waals surface area contributed by atoms with Crippen LogP contribution in [0.3, 0.4) is 0 Å². The summed E-state index contributed by atoms with van der Waals surface area (Å²) < 4.78 is 28.0. The summed E-state index contributed by atoms with van der Waals surface area (Å²) in [4.78, 5) is 4.05. The first-order valence-electron chi connectivity index (χ1n) is 5.80. The van der Waals surface area contributed by atoms with Crippen molar-refractivity contribution in [3.63, 3.8) is 0 Å². The van der Waals surface area contributed by atoms with E-state index in [1.165, 1.54) is 6.07 Å². The molecule has 1 aromatic rings. The molecule has 0 bridgehead atoms. The van der Waals surface area contributed by atoms with Crippen LogP contribution in [0, 0.1) is 11.8 Å². The molecule has 0 fully saturated rings. The predicted octanol–water partition coefficient (Wildman–Crippen LogP) is 0.470. The second kappa shape index (κ2) is 7.09. The van der Waals surface area contributed by atoms with Crippen molar-refractivity contribution in [3.8, 4) is 11.8 Å². The minimum Gasteiger partial charge on any atom is -0.395 e. The van der Waals surface area contributed by atoms with Crippen LogP contribution in [-0.4, -0.2) is 31.2 Å². The van der Waals surface area contributed by atoms with Gasteiger partial charge in [0.15, 0.2) is 0 Å². The fourth-order valence-corrected chi connectivity index (χ4v) is 2.32. The summed E-state index contributed by atoms with van der Waals surface area (Å²) in [5, 5.41) is 8.61. The summed E-state index contributed by atoms with van der Waals surface area (Å²) in [6.07, 6.45) is 0.354.